The van der Waals surface area contributed by atoms with E-state index in [1.807, 2.05) is 27.7 Å². The van der Waals surface area contributed by atoms with Gasteiger partial charge in [0.05, 0.1) is 11.2 Å². The third-order valence-corrected chi connectivity index (χ3v) is 5.45. The van der Waals surface area contributed by atoms with Gasteiger partial charge in [0.1, 0.15) is 0 Å². The summed E-state index contributed by atoms with van der Waals surface area (Å²) in [6.07, 6.45) is 7.58. The summed E-state index contributed by atoms with van der Waals surface area (Å²) in [6, 6.07) is 0. The normalized spacial score (nSPS) is 31.9. The second-order valence-electron chi connectivity index (χ2n) is 7.73. The molecule has 0 saturated heterocycles. The van der Waals surface area contributed by atoms with Gasteiger partial charge in [-0.3, -0.25) is 0 Å². The first kappa shape index (κ1) is 15.1. The van der Waals surface area contributed by atoms with Crippen molar-refractivity contribution in [1.29, 1.82) is 0 Å². The zero-order chi connectivity index (χ0) is 14.3. The van der Waals surface area contributed by atoms with Crippen molar-refractivity contribution in [3.8, 4) is 0 Å². The standard InChI is InChI=1S/C16H29BO2/c1-11-6-7-12-9-14(10-13(12)8-11)17-19-16(4,5)15(2,3)18/h6,12-14,17-18H,7-10H2,1-5H3. The van der Waals surface area contributed by atoms with Crippen LogP contribution in [0.2, 0.25) is 5.82 Å². The topological polar surface area (TPSA) is 29.5 Å². The van der Waals surface area contributed by atoms with Gasteiger partial charge in [-0.25, -0.2) is 0 Å². The van der Waals surface area contributed by atoms with Gasteiger partial charge >= 0.3 is 0 Å². The maximum Gasteiger partial charge on any atom is 0.278 e. The molecule has 0 bridgehead atoms. The van der Waals surface area contributed by atoms with Crippen LogP contribution in [0.25, 0.3) is 0 Å². The van der Waals surface area contributed by atoms with E-state index < -0.39 is 11.2 Å². The Balaban J connectivity index is 1.84. The van der Waals surface area contributed by atoms with Gasteiger partial charge in [-0.2, -0.15) is 0 Å². The summed E-state index contributed by atoms with van der Waals surface area (Å²) in [6.45, 7) is 9.89. The van der Waals surface area contributed by atoms with Gasteiger partial charge in [-0.15, -0.1) is 0 Å². The average Bonchev–Trinajstić information content (AvgIpc) is 2.67. The summed E-state index contributed by atoms with van der Waals surface area (Å²) in [4.78, 5) is 0. The molecule has 19 heavy (non-hydrogen) atoms. The molecule has 108 valence electrons. The number of rotatable bonds is 4. The summed E-state index contributed by atoms with van der Waals surface area (Å²) in [5.74, 6) is 2.43. The van der Waals surface area contributed by atoms with E-state index in [-0.39, 0.29) is 0 Å². The van der Waals surface area contributed by atoms with Gasteiger partial charge in [0, 0.05) is 0 Å². The molecule has 2 aliphatic rings. The Kier molecular flexibility index (Phi) is 4.18. The van der Waals surface area contributed by atoms with E-state index in [9.17, 15) is 5.11 Å². The van der Waals surface area contributed by atoms with E-state index in [2.05, 4.69) is 13.0 Å². The smallest absolute Gasteiger partial charge is 0.278 e. The first-order valence-corrected chi connectivity index (χ1v) is 7.71. The summed E-state index contributed by atoms with van der Waals surface area (Å²) < 4.78 is 6.04. The van der Waals surface area contributed by atoms with E-state index in [1.165, 1.54) is 25.7 Å². The lowest BCUT2D eigenvalue weighted by atomic mass is 9.75. The molecular formula is C16H29BO2. The fraction of sp³-hybridized carbons (Fsp3) is 0.875. The van der Waals surface area contributed by atoms with Crippen LogP contribution in [0.15, 0.2) is 11.6 Å². The number of fused-ring (bicyclic) bond motifs is 1. The molecule has 3 atom stereocenters. The molecule has 1 fully saturated rings. The molecule has 1 saturated carbocycles. The highest BCUT2D eigenvalue weighted by Crippen LogP contribution is 2.47. The molecule has 0 spiro atoms. The predicted octanol–water partition coefficient (Wildman–Crippen LogP) is 3.46. The van der Waals surface area contributed by atoms with Crippen LogP contribution in [-0.2, 0) is 4.65 Å². The summed E-state index contributed by atoms with van der Waals surface area (Å²) >= 11 is 0. The van der Waals surface area contributed by atoms with Crippen molar-refractivity contribution in [2.75, 3.05) is 0 Å². The Bertz CT molecular complexity index is 354. The Morgan fingerprint density at radius 1 is 1.21 bits per heavy atom. The molecule has 2 aliphatic carbocycles. The Hall–Kier alpha value is -0.275. The summed E-state index contributed by atoms with van der Waals surface area (Å²) in [5, 5.41) is 10.1. The third kappa shape index (κ3) is 3.43. The van der Waals surface area contributed by atoms with Crippen molar-refractivity contribution in [2.24, 2.45) is 11.8 Å². The van der Waals surface area contributed by atoms with Crippen LogP contribution in [0.5, 0.6) is 0 Å². The van der Waals surface area contributed by atoms with E-state index in [1.54, 1.807) is 5.57 Å². The highest BCUT2D eigenvalue weighted by atomic mass is 16.5. The minimum atomic E-state index is -0.795. The fourth-order valence-electron chi connectivity index (χ4n) is 3.36. The van der Waals surface area contributed by atoms with Crippen LogP contribution < -0.4 is 0 Å². The SMILES string of the molecule is CC1=CCC2CC(BOC(C)(C)C(C)(C)O)CC2C1. The van der Waals surface area contributed by atoms with Crippen molar-refractivity contribution in [2.45, 2.75) is 77.3 Å². The average molecular weight is 264 g/mol. The van der Waals surface area contributed by atoms with Crippen molar-refractivity contribution in [3.63, 3.8) is 0 Å². The van der Waals surface area contributed by atoms with Gasteiger partial charge in [-0.1, -0.05) is 24.5 Å². The zero-order valence-electron chi connectivity index (χ0n) is 13.2. The summed E-state index contributed by atoms with van der Waals surface area (Å²) in [5.41, 5.74) is 0.297. The van der Waals surface area contributed by atoms with Crippen molar-refractivity contribution in [3.05, 3.63) is 11.6 Å². The maximum atomic E-state index is 10.1. The highest BCUT2D eigenvalue weighted by Gasteiger charge is 2.40. The van der Waals surface area contributed by atoms with Crippen LogP contribution in [-0.4, -0.2) is 23.8 Å². The van der Waals surface area contributed by atoms with Crippen LogP contribution in [0.4, 0.5) is 0 Å². The van der Waals surface area contributed by atoms with Crippen LogP contribution >= 0.6 is 0 Å². The second kappa shape index (κ2) is 5.25. The zero-order valence-corrected chi connectivity index (χ0v) is 13.2. The monoisotopic (exact) mass is 264 g/mol. The molecule has 2 rings (SSSR count). The minimum absolute atomic E-state index is 0.477. The van der Waals surface area contributed by atoms with E-state index in [4.69, 9.17) is 4.65 Å². The molecular weight excluding hydrogens is 235 g/mol. The Morgan fingerprint density at radius 2 is 1.84 bits per heavy atom. The van der Waals surface area contributed by atoms with Crippen LogP contribution in [0.1, 0.15) is 60.3 Å². The Morgan fingerprint density at radius 3 is 2.47 bits per heavy atom. The van der Waals surface area contributed by atoms with Crippen LogP contribution in [0, 0.1) is 11.8 Å². The summed E-state index contributed by atoms with van der Waals surface area (Å²) in [7, 11) is 0.795. The van der Waals surface area contributed by atoms with Gasteiger partial charge in [0.15, 0.2) is 0 Å². The first-order chi connectivity index (χ1) is 8.69. The molecule has 0 aromatic carbocycles. The molecule has 0 aliphatic heterocycles. The van der Waals surface area contributed by atoms with Crippen molar-refractivity contribution >= 4 is 7.48 Å². The fourth-order valence-corrected chi connectivity index (χ4v) is 3.36. The van der Waals surface area contributed by atoms with Gasteiger partial charge in [0.25, 0.3) is 7.48 Å². The minimum Gasteiger partial charge on any atom is -0.432 e. The van der Waals surface area contributed by atoms with Gasteiger partial charge in [0.2, 0.25) is 0 Å². The molecule has 3 unspecified atom stereocenters. The first-order valence-electron chi connectivity index (χ1n) is 7.71. The molecule has 0 radical (unpaired) electrons. The maximum absolute atomic E-state index is 10.1. The molecule has 2 nitrogen and oxygen atoms in total. The van der Waals surface area contributed by atoms with Gasteiger partial charge < -0.3 is 9.76 Å². The lowest BCUT2D eigenvalue weighted by Gasteiger charge is -2.38. The molecule has 0 aromatic heterocycles. The number of aliphatic hydroxyl groups is 1. The quantitative estimate of drug-likeness (QED) is 0.622. The van der Waals surface area contributed by atoms with E-state index >= 15 is 0 Å². The highest BCUT2D eigenvalue weighted by molar-refractivity contribution is 6.29. The molecule has 0 aromatic rings. The van der Waals surface area contributed by atoms with Crippen molar-refractivity contribution < 1.29 is 9.76 Å². The lowest BCUT2D eigenvalue weighted by molar-refractivity contribution is -0.0910. The molecule has 1 N–H and O–H groups in total. The Labute approximate surface area is 118 Å². The second-order valence-corrected chi connectivity index (χ2v) is 7.73. The van der Waals surface area contributed by atoms with E-state index in [0.29, 0.717) is 5.82 Å². The van der Waals surface area contributed by atoms with Gasteiger partial charge in [-0.05, 0) is 65.1 Å². The number of hydrogen-bond donors (Lipinski definition) is 1. The third-order valence-electron chi connectivity index (χ3n) is 5.45. The molecule has 0 amide bonds. The van der Waals surface area contributed by atoms with E-state index in [0.717, 1.165) is 19.3 Å². The largest absolute Gasteiger partial charge is 0.432 e. The molecule has 3 heteroatoms. The predicted molar refractivity (Wildman–Crippen MR) is 81.6 cm³/mol. The number of allylic oxidation sites excluding steroid dienone is 2. The van der Waals surface area contributed by atoms with Crippen LogP contribution in [0.3, 0.4) is 0 Å². The van der Waals surface area contributed by atoms with Crippen molar-refractivity contribution in [1.82, 2.24) is 0 Å². The molecule has 0 heterocycles. The lowest BCUT2D eigenvalue weighted by Crippen LogP contribution is -2.48. The number of hydrogen-bond acceptors (Lipinski definition) is 2.